The van der Waals surface area contributed by atoms with Crippen molar-refractivity contribution in [1.82, 2.24) is 10.2 Å². The van der Waals surface area contributed by atoms with E-state index in [1.807, 2.05) is 12.1 Å². The highest BCUT2D eigenvalue weighted by molar-refractivity contribution is 5.25. The molecule has 0 amide bonds. The first-order chi connectivity index (χ1) is 8.65. The number of nitrogens with zero attached hydrogens (tertiary/aromatic N) is 1. The van der Waals surface area contributed by atoms with Crippen LogP contribution in [0.4, 0.5) is 0 Å². The number of likely N-dealkylation sites (tertiary alicyclic amines) is 1. The van der Waals surface area contributed by atoms with E-state index in [1.54, 1.807) is 12.1 Å². The molecule has 1 aliphatic heterocycles. The van der Waals surface area contributed by atoms with Crippen molar-refractivity contribution in [3.05, 3.63) is 29.8 Å². The molecule has 1 aromatic rings. The van der Waals surface area contributed by atoms with E-state index >= 15 is 0 Å². The minimum absolute atomic E-state index is 0.335. The van der Waals surface area contributed by atoms with Gasteiger partial charge in [-0.3, -0.25) is 0 Å². The van der Waals surface area contributed by atoms with Gasteiger partial charge in [0.05, 0.1) is 0 Å². The van der Waals surface area contributed by atoms with Crippen molar-refractivity contribution in [3.63, 3.8) is 0 Å². The van der Waals surface area contributed by atoms with Crippen molar-refractivity contribution in [2.45, 2.75) is 32.9 Å². The SMILES string of the molecule is CC(C)N1CCC(CNCc2ccc(O)cc2)C1. The average Bonchev–Trinajstić information content (AvgIpc) is 2.81. The van der Waals surface area contributed by atoms with Crippen LogP contribution in [0.1, 0.15) is 25.8 Å². The number of nitrogens with one attached hydrogen (secondary N) is 1. The highest BCUT2D eigenvalue weighted by Crippen LogP contribution is 2.17. The van der Waals surface area contributed by atoms with Gasteiger partial charge in [0.1, 0.15) is 5.75 Å². The molecule has 1 unspecified atom stereocenters. The molecule has 1 saturated heterocycles. The summed E-state index contributed by atoms with van der Waals surface area (Å²) in [6.07, 6.45) is 1.31. The molecule has 1 fully saturated rings. The summed E-state index contributed by atoms with van der Waals surface area (Å²) in [5.41, 5.74) is 1.23. The molecule has 0 saturated carbocycles. The lowest BCUT2D eigenvalue weighted by atomic mass is 10.1. The molecule has 3 heteroatoms. The van der Waals surface area contributed by atoms with Crippen LogP contribution in [0.15, 0.2) is 24.3 Å². The lowest BCUT2D eigenvalue weighted by Gasteiger charge is -2.20. The van der Waals surface area contributed by atoms with E-state index in [1.165, 1.54) is 25.1 Å². The Morgan fingerprint density at radius 2 is 2.06 bits per heavy atom. The third kappa shape index (κ3) is 3.72. The molecular formula is C15H24N2O. The Balaban J connectivity index is 1.68. The van der Waals surface area contributed by atoms with Crippen LogP contribution in [0.25, 0.3) is 0 Å². The first-order valence-electron chi connectivity index (χ1n) is 6.88. The maximum absolute atomic E-state index is 9.21. The smallest absolute Gasteiger partial charge is 0.115 e. The van der Waals surface area contributed by atoms with Gasteiger partial charge in [0, 0.05) is 19.1 Å². The molecule has 2 rings (SSSR count). The van der Waals surface area contributed by atoms with E-state index in [9.17, 15) is 5.11 Å². The fraction of sp³-hybridized carbons (Fsp3) is 0.600. The number of phenolic OH excluding ortho intramolecular Hbond substituents is 1. The highest BCUT2D eigenvalue weighted by atomic mass is 16.3. The first-order valence-corrected chi connectivity index (χ1v) is 6.88. The fourth-order valence-electron chi connectivity index (χ4n) is 2.53. The molecular weight excluding hydrogens is 224 g/mol. The Morgan fingerprint density at radius 3 is 2.67 bits per heavy atom. The number of hydrogen-bond donors (Lipinski definition) is 2. The largest absolute Gasteiger partial charge is 0.508 e. The van der Waals surface area contributed by atoms with Gasteiger partial charge >= 0.3 is 0 Å². The minimum atomic E-state index is 0.335. The molecule has 100 valence electrons. The second-order valence-electron chi connectivity index (χ2n) is 5.54. The lowest BCUT2D eigenvalue weighted by Crippen LogP contribution is -2.30. The Labute approximate surface area is 110 Å². The normalized spacial score (nSPS) is 20.7. The van der Waals surface area contributed by atoms with Crippen LogP contribution in [-0.4, -0.2) is 35.7 Å². The van der Waals surface area contributed by atoms with Gasteiger partial charge in [-0.1, -0.05) is 12.1 Å². The van der Waals surface area contributed by atoms with E-state index < -0.39 is 0 Å². The van der Waals surface area contributed by atoms with Gasteiger partial charge in [-0.15, -0.1) is 0 Å². The van der Waals surface area contributed by atoms with Crippen LogP contribution >= 0.6 is 0 Å². The van der Waals surface area contributed by atoms with Gasteiger partial charge in [-0.25, -0.2) is 0 Å². The Bertz CT molecular complexity index is 361. The number of benzene rings is 1. The number of phenols is 1. The molecule has 1 heterocycles. The number of rotatable bonds is 5. The Morgan fingerprint density at radius 1 is 1.33 bits per heavy atom. The van der Waals surface area contributed by atoms with Crippen molar-refractivity contribution < 1.29 is 5.11 Å². The summed E-state index contributed by atoms with van der Waals surface area (Å²) >= 11 is 0. The van der Waals surface area contributed by atoms with E-state index in [0.29, 0.717) is 11.8 Å². The fourth-order valence-corrected chi connectivity index (χ4v) is 2.53. The van der Waals surface area contributed by atoms with Crippen molar-refractivity contribution >= 4 is 0 Å². The summed E-state index contributed by atoms with van der Waals surface area (Å²) in [7, 11) is 0. The van der Waals surface area contributed by atoms with Crippen LogP contribution in [0.5, 0.6) is 5.75 Å². The van der Waals surface area contributed by atoms with E-state index in [-0.39, 0.29) is 0 Å². The molecule has 3 nitrogen and oxygen atoms in total. The van der Waals surface area contributed by atoms with E-state index in [0.717, 1.165) is 19.0 Å². The molecule has 18 heavy (non-hydrogen) atoms. The molecule has 1 aliphatic rings. The van der Waals surface area contributed by atoms with Gasteiger partial charge < -0.3 is 15.3 Å². The van der Waals surface area contributed by atoms with Crippen LogP contribution in [-0.2, 0) is 6.54 Å². The quantitative estimate of drug-likeness (QED) is 0.838. The second kappa shape index (κ2) is 6.21. The van der Waals surface area contributed by atoms with E-state index in [2.05, 4.69) is 24.1 Å². The zero-order valence-corrected chi connectivity index (χ0v) is 11.4. The monoisotopic (exact) mass is 248 g/mol. The Kier molecular flexibility index (Phi) is 4.61. The topological polar surface area (TPSA) is 35.5 Å². The summed E-state index contributed by atoms with van der Waals surface area (Å²) in [6, 6.07) is 8.10. The third-order valence-electron chi connectivity index (χ3n) is 3.75. The number of aromatic hydroxyl groups is 1. The van der Waals surface area contributed by atoms with Gasteiger partial charge in [0.15, 0.2) is 0 Å². The zero-order valence-electron chi connectivity index (χ0n) is 11.4. The zero-order chi connectivity index (χ0) is 13.0. The summed E-state index contributed by atoms with van der Waals surface area (Å²) < 4.78 is 0. The molecule has 1 atom stereocenters. The second-order valence-corrected chi connectivity index (χ2v) is 5.54. The molecule has 0 radical (unpaired) electrons. The molecule has 0 spiro atoms. The van der Waals surface area contributed by atoms with Crippen LogP contribution in [0.2, 0.25) is 0 Å². The van der Waals surface area contributed by atoms with E-state index in [4.69, 9.17) is 0 Å². The van der Waals surface area contributed by atoms with Crippen molar-refractivity contribution in [2.75, 3.05) is 19.6 Å². The van der Waals surface area contributed by atoms with Crippen molar-refractivity contribution in [2.24, 2.45) is 5.92 Å². The first kappa shape index (κ1) is 13.4. The van der Waals surface area contributed by atoms with Crippen molar-refractivity contribution in [3.8, 4) is 5.75 Å². The minimum Gasteiger partial charge on any atom is -0.508 e. The van der Waals surface area contributed by atoms with Crippen LogP contribution in [0, 0.1) is 5.92 Å². The summed E-state index contributed by atoms with van der Waals surface area (Å²) in [5, 5.41) is 12.7. The molecule has 0 aromatic heterocycles. The van der Waals surface area contributed by atoms with Gasteiger partial charge in [-0.2, -0.15) is 0 Å². The average molecular weight is 248 g/mol. The maximum Gasteiger partial charge on any atom is 0.115 e. The molecule has 1 aromatic carbocycles. The number of hydrogen-bond acceptors (Lipinski definition) is 3. The highest BCUT2D eigenvalue weighted by Gasteiger charge is 2.23. The van der Waals surface area contributed by atoms with Crippen LogP contribution < -0.4 is 5.32 Å². The van der Waals surface area contributed by atoms with Crippen LogP contribution in [0.3, 0.4) is 0 Å². The van der Waals surface area contributed by atoms with Gasteiger partial charge in [0.25, 0.3) is 0 Å². The predicted octanol–water partition coefficient (Wildman–Crippen LogP) is 2.21. The summed E-state index contributed by atoms with van der Waals surface area (Å²) in [6.45, 7) is 8.98. The third-order valence-corrected chi connectivity index (χ3v) is 3.75. The Hall–Kier alpha value is -1.06. The van der Waals surface area contributed by atoms with Gasteiger partial charge in [0.2, 0.25) is 0 Å². The van der Waals surface area contributed by atoms with Gasteiger partial charge in [-0.05, 0) is 57.0 Å². The van der Waals surface area contributed by atoms with Crippen molar-refractivity contribution in [1.29, 1.82) is 0 Å². The summed E-state index contributed by atoms with van der Waals surface area (Å²) in [4.78, 5) is 2.55. The molecule has 0 aliphatic carbocycles. The molecule has 0 bridgehead atoms. The standard InChI is InChI=1S/C15H24N2O/c1-12(2)17-8-7-14(11-17)10-16-9-13-3-5-15(18)6-4-13/h3-6,12,14,16,18H,7-11H2,1-2H3. The molecule has 2 N–H and O–H groups in total. The predicted molar refractivity (Wildman–Crippen MR) is 74.6 cm³/mol. The lowest BCUT2D eigenvalue weighted by molar-refractivity contribution is 0.264. The summed E-state index contributed by atoms with van der Waals surface area (Å²) in [5.74, 6) is 1.12. The maximum atomic E-state index is 9.21.